The Hall–Kier alpha value is -1.56. The van der Waals surface area contributed by atoms with E-state index in [4.69, 9.17) is 0 Å². The molecule has 6 heteroatoms. The fraction of sp³-hybridized carbons (Fsp3) is 0.750. The number of nitrogens with one attached hydrogen (secondary N) is 2. The van der Waals surface area contributed by atoms with Crippen LogP contribution in [0.3, 0.4) is 0 Å². The van der Waals surface area contributed by atoms with E-state index >= 15 is 0 Å². The molecule has 1 aliphatic carbocycles. The second-order valence-corrected chi connectivity index (χ2v) is 6.93. The molecule has 1 atom stereocenters. The van der Waals surface area contributed by atoms with Crippen molar-refractivity contribution in [3.8, 4) is 0 Å². The zero-order valence-electron chi connectivity index (χ0n) is 13.0. The predicted molar refractivity (Wildman–Crippen MR) is 84.5 cm³/mol. The molecule has 3 heterocycles. The maximum Gasteiger partial charge on any atom is 0.225 e. The van der Waals surface area contributed by atoms with Crippen molar-refractivity contribution >= 4 is 11.7 Å². The Balaban J connectivity index is 1.20. The number of amides is 1. The van der Waals surface area contributed by atoms with Gasteiger partial charge in [-0.1, -0.05) is 0 Å². The lowest BCUT2D eigenvalue weighted by atomic mass is 10.0. The van der Waals surface area contributed by atoms with Gasteiger partial charge in [0.2, 0.25) is 5.91 Å². The number of fused-ring (bicyclic) bond motifs is 1. The largest absolute Gasteiger partial charge is 0.370 e. The van der Waals surface area contributed by atoms with Crippen LogP contribution in [0.1, 0.15) is 25.7 Å². The van der Waals surface area contributed by atoms with Crippen LogP contribution in [-0.2, 0) is 11.3 Å². The molecule has 22 heavy (non-hydrogen) atoms. The third-order valence-corrected chi connectivity index (χ3v) is 5.15. The fourth-order valence-corrected chi connectivity index (χ4v) is 3.55. The van der Waals surface area contributed by atoms with Gasteiger partial charge in [0.05, 0.1) is 6.20 Å². The first kappa shape index (κ1) is 14.1. The zero-order chi connectivity index (χ0) is 14.9. The lowest BCUT2D eigenvalue weighted by Gasteiger charge is -2.34. The van der Waals surface area contributed by atoms with Crippen LogP contribution in [0.4, 0.5) is 5.82 Å². The molecule has 0 bridgehead atoms. The highest BCUT2D eigenvalue weighted by molar-refractivity contribution is 5.81. The minimum absolute atomic E-state index is 0.362. The normalized spacial score (nSPS) is 25.6. The highest BCUT2D eigenvalue weighted by Crippen LogP contribution is 2.31. The van der Waals surface area contributed by atoms with Crippen molar-refractivity contribution in [2.75, 3.05) is 31.5 Å². The summed E-state index contributed by atoms with van der Waals surface area (Å²) in [6.07, 6.45) is 6.25. The first-order chi connectivity index (χ1) is 10.8. The van der Waals surface area contributed by atoms with Gasteiger partial charge in [-0.05, 0) is 25.7 Å². The van der Waals surface area contributed by atoms with Gasteiger partial charge < -0.3 is 15.5 Å². The number of nitrogens with zero attached hydrogens (tertiary/aromatic N) is 3. The van der Waals surface area contributed by atoms with E-state index in [1.807, 2.05) is 16.9 Å². The quantitative estimate of drug-likeness (QED) is 0.868. The van der Waals surface area contributed by atoms with Gasteiger partial charge in [0, 0.05) is 56.7 Å². The Morgan fingerprint density at radius 3 is 2.91 bits per heavy atom. The zero-order valence-corrected chi connectivity index (χ0v) is 13.0. The van der Waals surface area contributed by atoms with E-state index in [9.17, 15) is 4.79 Å². The number of likely N-dealkylation sites (tertiary alicyclic amines) is 1. The summed E-state index contributed by atoms with van der Waals surface area (Å²) in [6.45, 7) is 4.88. The topological polar surface area (TPSA) is 62.2 Å². The van der Waals surface area contributed by atoms with Crippen LogP contribution >= 0.6 is 0 Å². The monoisotopic (exact) mass is 303 g/mol. The van der Waals surface area contributed by atoms with E-state index in [1.54, 1.807) is 0 Å². The molecule has 6 nitrogen and oxygen atoms in total. The number of carbonyl (C=O) groups is 1. The third-order valence-electron chi connectivity index (χ3n) is 5.15. The number of piperidine rings is 1. The third kappa shape index (κ3) is 2.97. The molecule has 0 unspecified atom stereocenters. The standard InChI is InChI=1S/C16H25N5O/c22-16(13-1-2-13)20-7-4-14(5-8-20)17-9-12-10-18-15-3-6-19-21(15)11-12/h3,6,12-14,17-18H,1-2,4-5,7-11H2/t12-/m1/s1. The fourth-order valence-electron chi connectivity index (χ4n) is 3.55. The Labute approximate surface area is 131 Å². The van der Waals surface area contributed by atoms with Gasteiger partial charge in [0.15, 0.2) is 0 Å². The molecule has 2 N–H and O–H groups in total. The summed E-state index contributed by atoms with van der Waals surface area (Å²) >= 11 is 0. The van der Waals surface area contributed by atoms with Crippen LogP contribution in [0.2, 0.25) is 0 Å². The summed E-state index contributed by atoms with van der Waals surface area (Å²) in [6, 6.07) is 2.58. The maximum absolute atomic E-state index is 12.1. The Morgan fingerprint density at radius 2 is 2.14 bits per heavy atom. The van der Waals surface area contributed by atoms with Crippen LogP contribution in [0.15, 0.2) is 12.3 Å². The number of aromatic nitrogens is 2. The first-order valence-corrected chi connectivity index (χ1v) is 8.57. The van der Waals surface area contributed by atoms with Crippen molar-refractivity contribution in [2.45, 2.75) is 38.3 Å². The van der Waals surface area contributed by atoms with E-state index < -0.39 is 0 Å². The Kier molecular flexibility index (Phi) is 3.78. The smallest absolute Gasteiger partial charge is 0.225 e. The number of carbonyl (C=O) groups excluding carboxylic acids is 1. The van der Waals surface area contributed by atoms with E-state index in [0.717, 1.165) is 64.2 Å². The molecule has 1 aromatic rings. The molecule has 1 saturated carbocycles. The highest BCUT2D eigenvalue weighted by atomic mass is 16.2. The lowest BCUT2D eigenvalue weighted by Crippen LogP contribution is -2.47. The number of hydrogen-bond acceptors (Lipinski definition) is 4. The SMILES string of the molecule is O=C(C1CC1)N1CCC(NC[C@@H]2CNc3ccnn3C2)CC1. The van der Waals surface area contributed by atoms with Crippen LogP contribution in [0, 0.1) is 11.8 Å². The van der Waals surface area contributed by atoms with Crippen molar-refractivity contribution in [2.24, 2.45) is 11.8 Å². The van der Waals surface area contributed by atoms with E-state index in [1.165, 1.54) is 0 Å². The van der Waals surface area contributed by atoms with Gasteiger partial charge in [-0.3, -0.25) is 4.79 Å². The number of rotatable bonds is 4. The minimum atomic E-state index is 0.362. The van der Waals surface area contributed by atoms with E-state index in [2.05, 4.69) is 20.6 Å². The van der Waals surface area contributed by atoms with Crippen molar-refractivity contribution in [3.63, 3.8) is 0 Å². The number of hydrogen-bond donors (Lipinski definition) is 2. The van der Waals surface area contributed by atoms with Crippen LogP contribution in [-0.4, -0.2) is 52.8 Å². The van der Waals surface area contributed by atoms with Gasteiger partial charge in [-0.25, -0.2) is 4.68 Å². The van der Waals surface area contributed by atoms with Crippen molar-refractivity contribution < 1.29 is 4.79 Å². The second kappa shape index (κ2) is 5.91. The van der Waals surface area contributed by atoms with Gasteiger partial charge in [-0.15, -0.1) is 0 Å². The molecule has 2 fully saturated rings. The number of anilines is 1. The summed E-state index contributed by atoms with van der Waals surface area (Å²) in [5.74, 6) is 2.48. The molecule has 120 valence electrons. The molecular weight excluding hydrogens is 278 g/mol. The molecular formula is C16H25N5O. The van der Waals surface area contributed by atoms with Gasteiger partial charge in [0.1, 0.15) is 5.82 Å². The summed E-state index contributed by atoms with van der Waals surface area (Å²) in [5.41, 5.74) is 0. The van der Waals surface area contributed by atoms with Crippen molar-refractivity contribution in [3.05, 3.63) is 12.3 Å². The highest BCUT2D eigenvalue weighted by Gasteiger charge is 2.34. The average molecular weight is 303 g/mol. The minimum Gasteiger partial charge on any atom is -0.370 e. The lowest BCUT2D eigenvalue weighted by molar-refractivity contribution is -0.133. The Bertz CT molecular complexity index is 530. The van der Waals surface area contributed by atoms with Crippen molar-refractivity contribution in [1.29, 1.82) is 0 Å². The summed E-state index contributed by atoms with van der Waals surface area (Å²) < 4.78 is 2.05. The molecule has 0 radical (unpaired) electrons. The van der Waals surface area contributed by atoms with E-state index in [0.29, 0.717) is 23.8 Å². The molecule has 2 aliphatic heterocycles. The van der Waals surface area contributed by atoms with Crippen molar-refractivity contribution in [1.82, 2.24) is 20.0 Å². The molecule has 4 rings (SSSR count). The molecule has 1 aromatic heterocycles. The molecule has 0 aromatic carbocycles. The molecule has 0 spiro atoms. The molecule has 3 aliphatic rings. The maximum atomic E-state index is 12.1. The van der Waals surface area contributed by atoms with Crippen LogP contribution < -0.4 is 10.6 Å². The Morgan fingerprint density at radius 1 is 1.32 bits per heavy atom. The summed E-state index contributed by atoms with van der Waals surface area (Å²) in [5, 5.41) is 11.5. The summed E-state index contributed by atoms with van der Waals surface area (Å²) in [4.78, 5) is 14.1. The van der Waals surface area contributed by atoms with Gasteiger partial charge in [0.25, 0.3) is 0 Å². The summed E-state index contributed by atoms with van der Waals surface area (Å²) in [7, 11) is 0. The average Bonchev–Trinajstić information content (AvgIpc) is 3.30. The molecule has 1 amide bonds. The van der Waals surface area contributed by atoms with Gasteiger partial charge >= 0.3 is 0 Å². The van der Waals surface area contributed by atoms with Crippen LogP contribution in [0.5, 0.6) is 0 Å². The molecule has 1 saturated heterocycles. The first-order valence-electron chi connectivity index (χ1n) is 8.57. The van der Waals surface area contributed by atoms with E-state index in [-0.39, 0.29) is 0 Å². The van der Waals surface area contributed by atoms with Gasteiger partial charge in [-0.2, -0.15) is 5.10 Å². The second-order valence-electron chi connectivity index (χ2n) is 6.93. The van der Waals surface area contributed by atoms with Crippen LogP contribution in [0.25, 0.3) is 0 Å². The predicted octanol–water partition coefficient (Wildman–Crippen LogP) is 0.915.